The molecular weight excluding hydrogens is 504 g/mol. The van der Waals surface area contributed by atoms with Gasteiger partial charge < -0.3 is 72.5 Å². The number of hydrogen-bond donors (Lipinski definition) is 0. The summed E-state index contributed by atoms with van der Waals surface area (Å²) in [6.07, 6.45) is 0. The van der Waals surface area contributed by atoms with Gasteiger partial charge in [0.15, 0.2) is 0 Å². The number of rotatable bonds is 0. The smallest absolute Gasteiger partial charge is 0.543 e. The van der Waals surface area contributed by atoms with Gasteiger partial charge in [0.1, 0.15) is 0 Å². The molecule has 0 fully saturated rings. The molecule has 0 aliphatic carbocycles. The average molecular weight is 516 g/mol. The van der Waals surface area contributed by atoms with E-state index in [1.54, 1.807) is 0 Å². The van der Waals surface area contributed by atoms with Crippen molar-refractivity contribution in [2.75, 3.05) is 0 Å². The van der Waals surface area contributed by atoms with Gasteiger partial charge in [0.05, 0.1) is 23.9 Å². The first kappa shape index (κ1) is 64.3. The molecule has 0 radical (unpaired) electrons. The zero-order valence-corrected chi connectivity index (χ0v) is 12.9. The molecule has 0 aromatic rings. The molecule has 0 atom stereocenters. The molecule has 0 aliphatic rings. The molecule has 0 saturated heterocycles. The van der Waals surface area contributed by atoms with E-state index in [1.807, 2.05) is 0 Å². The second-order valence-corrected chi connectivity index (χ2v) is 1.15. The minimum Gasteiger partial charge on any atom is -0.543 e. The van der Waals surface area contributed by atoms with Crippen LogP contribution in [0.4, 0.5) is 0 Å². The van der Waals surface area contributed by atoms with Crippen LogP contribution in [0.15, 0.2) is 0 Å². The Bertz CT molecular complexity index is 175. The van der Waals surface area contributed by atoms with Crippen molar-refractivity contribution >= 4 is 23.9 Å². The summed E-state index contributed by atoms with van der Waals surface area (Å²) in [5.74, 6) is -8.74. The van der Waals surface area contributed by atoms with Gasteiger partial charge in [-0.3, -0.25) is 0 Å². The molecule has 116 valence electrons. The molecule has 19 heavy (non-hydrogen) atoms. The van der Waals surface area contributed by atoms with Gasteiger partial charge >= 0.3 is 39.9 Å². The number of aliphatic carboxylic acids is 4. The minimum absolute atomic E-state index is 0. The third-order valence-electron chi connectivity index (χ3n) is 0.333. The van der Waals surface area contributed by atoms with Crippen LogP contribution in [0.1, 0.15) is 0 Å². The number of carboxylic acid groups (broad SMARTS) is 4. The zero-order chi connectivity index (χ0) is 10.3. The van der Waals surface area contributed by atoms with E-state index in [0.717, 1.165) is 0 Å². The fourth-order valence-corrected chi connectivity index (χ4v) is 0. The third-order valence-corrected chi connectivity index (χ3v) is 0.333. The first-order chi connectivity index (χ1) is 5.29. The van der Waals surface area contributed by atoms with Crippen LogP contribution in [0.5, 0.6) is 0 Å². The minimum atomic E-state index is -2.19. The zero-order valence-electron chi connectivity index (χ0n) is 8.77. The van der Waals surface area contributed by atoms with Crippen molar-refractivity contribution in [2.45, 2.75) is 0 Å². The van der Waals surface area contributed by atoms with Crippen molar-refractivity contribution in [1.29, 1.82) is 0 Å². The van der Waals surface area contributed by atoms with E-state index in [-0.39, 0.29) is 72.8 Å². The Morgan fingerprint density at radius 1 is 0.421 bits per heavy atom. The van der Waals surface area contributed by atoms with Crippen LogP contribution in [0, 0.1) is 39.9 Å². The Kier molecular flexibility index (Phi) is 122. The van der Waals surface area contributed by atoms with E-state index < -0.39 is 23.9 Å². The standard InChI is InChI=1S/2C2H2O4.6H2O.Th/c2*3-1(4)2(5)6;;;;;;;/h2*(H,3,4)(H,5,6);6*1H2;/q;;;;;;;;+4/p-4. The SMILES string of the molecule is O.O.O.O.O.O.O=C([O-])C(=O)[O-].O=C([O-])C(=O)[O-].[Th+4]. The Morgan fingerprint density at radius 3 is 0.474 bits per heavy atom. The van der Waals surface area contributed by atoms with E-state index in [1.165, 1.54) is 0 Å². The summed E-state index contributed by atoms with van der Waals surface area (Å²) in [7, 11) is 0. The molecule has 0 saturated carbocycles. The van der Waals surface area contributed by atoms with Crippen molar-refractivity contribution in [3.05, 3.63) is 0 Å². The average Bonchev–Trinajstić information content (AvgIpc) is 1.88. The monoisotopic (exact) mass is 516 g/mol. The Hall–Kier alpha value is -1.04. The number of hydrogen-bond acceptors (Lipinski definition) is 8. The summed E-state index contributed by atoms with van der Waals surface area (Å²) < 4.78 is 0. The van der Waals surface area contributed by atoms with Crippen LogP contribution in [0.2, 0.25) is 0 Å². The summed E-state index contributed by atoms with van der Waals surface area (Å²) in [4.78, 5) is 35.7. The Labute approximate surface area is 136 Å². The number of carbonyl (C=O) groups excluding carboxylic acids is 4. The van der Waals surface area contributed by atoms with Gasteiger partial charge in [-0.05, 0) is 0 Å². The molecule has 0 spiro atoms. The predicted molar refractivity (Wildman–Crippen MR) is 41.7 cm³/mol. The van der Waals surface area contributed by atoms with Crippen LogP contribution >= 0.6 is 0 Å². The summed E-state index contributed by atoms with van der Waals surface area (Å²) in [6.45, 7) is 0. The number of carboxylic acids is 4. The molecule has 0 bridgehead atoms. The second kappa shape index (κ2) is 36.0. The van der Waals surface area contributed by atoms with Gasteiger partial charge in [0, 0.05) is 0 Å². The quantitative estimate of drug-likeness (QED) is 0.277. The maximum absolute atomic E-state index is 8.93. The van der Waals surface area contributed by atoms with Gasteiger partial charge in [-0.25, -0.2) is 0 Å². The summed E-state index contributed by atoms with van der Waals surface area (Å²) in [5.41, 5.74) is 0. The molecule has 12 N–H and O–H groups in total. The van der Waals surface area contributed by atoms with E-state index in [9.17, 15) is 0 Å². The normalized spacial score (nSPS) is 4.63. The van der Waals surface area contributed by atoms with Crippen LogP contribution in [-0.4, -0.2) is 56.7 Å². The topological polar surface area (TPSA) is 350 Å². The fraction of sp³-hybridized carbons (Fsp3) is 0. The van der Waals surface area contributed by atoms with Crippen LogP contribution in [-0.2, 0) is 19.2 Å². The molecule has 0 unspecified atom stereocenters. The molecule has 15 heteroatoms. The maximum Gasteiger partial charge on any atom is 4.00 e. The van der Waals surface area contributed by atoms with Gasteiger partial charge in [-0.2, -0.15) is 0 Å². The molecule has 0 amide bonds. The van der Waals surface area contributed by atoms with E-state index in [2.05, 4.69) is 0 Å². The van der Waals surface area contributed by atoms with Crippen molar-refractivity contribution in [1.82, 2.24) is 0 Å². The third kappa shape index (κ3) is 78.3. The fourth-order valence-electron chi connectivity index (χ4n) is 0. The molecule has 0 aromatic carbocycles. The Morgan fingerprint density at radius 2 is 0.474 bits per heavy atom. The Balaban J connectivity index is -0.0000000110. The van der Waals surface area contributed by atoms with Gasteiger partial charge in [0.25, 0.3) is 0 Å². The summed E-state index contributed by atoms with van der Waals surface area (Å²) >= 11 is 0. The molecule has 14 nitrogen and oxygen atoms in total. The van der Waals surface area contributed by atoms with Crippen LogP contribution in [0.25, 0.3) is 0 Å². The van der Waals surface area contributed by atoms with Crippen molar-refractivity contribution in [3.63, 3.8) is 0 Å². The maximum atomic E-state index is 8.93. The van der Waals surface area contributed by atoms with Crippen LogP contribution in [0.3, 0.4) is 0 Å². The molecule has 0 rings (SSSR count). The summed E-state index contributed by atoms with van der Waals surface area (Å²) in [5, 5.41) is 35.7. The van der Waals surface area contributed by atoms with E-state index >= 15 is 0 Å². The number of carbonyl (C=O) groups is 4. The predicted octanol–water partition coefficient (Wildman–Crippen LogP) is -12.0. The van der Waals surface area contributed by atoms with E-state index in [4.69, 9.17) is 39.6 Å². The molecule has 0 heterocycles. The van der Waals surface area contributed by atoms with E-state index in [0.29, 0.717) is 0 Å². The second-order valence-electron chi connectivity index (χ2n) is 1.15. The van der Waals surface area contributed by atoms with Crippen molar-refractivity contribution < 1.29 is 112 Å². The van der Waals surface area contributed by atoms with Gasteiger partial charge in [0.2, 0.25) is 0 Å². The van der Waals surface area contributed by atoms with Crippen LogP contribution < -0.4 is 20.4 Å². The van der Waals surface area contributed by atoms with Gasteiger partial charge in [-0.15, -0.1) is 0 Å². The largest absolute Gasteiger partial charge is 4.00 e. The molecule has 0 aromatic heterocycles. The van der Waals surface area contributed by atoms with Crippen molar-refractivity contribution in [3.8, 4) is 0 Å². The molecule has 0 aliphatic heterocycles. The van der Waals surface area contributed by atoms with Crippen molar-refractivity contribution in [2.24, 2.45) is 0 Å². The first-order valence-corrected chi connectivity index (χ1v) is 2.13. The summed E-state index contributed by atoms with van der Waals surface area (Å²) in [6, 6.07) is 0. The first-order valence-electron chi connectivity index (χ1n) is 2.13. The van der Waals surface area contributed by atoms with Gasteiger partial charge in [-0.1, -0.05) is 0 Å². The molecular formula is C4H12O14Th.